The average Bonchev–Trinajstić information content (AvgIpc) is 3.61. The van der Waals surface area contributed by atoms with Crippen LogP contribution in [0.4, 0.5) is 4.79 Å². The molecule has 4 amide bonds. The summed E-state index contributed by atoms with van der Waals surface area (Å²) in [6, 6.07) is 27.5. The third-order valence-corrected chi connectivity index (χ3v) is 10.1. The zero-order valence-electron chi connectivity index (χ0n) is 32.7. The van der Waals surface area contributed by atoms with Gasteiger partial charge in [0.15, 0.2) is 0 Å². The Morgan fingerprint density at radius 3 is 2.12 bits per heavy atom. The van der Waals surface area contributed by atoms with E-state index in [9.17, 15) is 24.3 Å². The van der Waals surface area contributed by atoms with Crippen molar-refractivity contribution in [3.05, 3.63) is 120 Å². The monoisotopic (exact) mass is 761 g/mol. The van der Waals surface area contributed by atoms with Crippen molar-refractivity contribution < 1.29 is 29.0 Å². The number of aliphatic hydroxyl groups is 1. The molecular weight excluding hydrogens is 707 g/mol. The number of aromatic amines is 1. The number of fused-ring (bicyclic) bond motifs is 2. The third-order valence-electron chi connectivity index (χ3n) is 10.1. The summed E-state index contributed by atoms with van der Waals surface area (Å²) in [4.78, 5) is 58.1. The number of carbonyl (C=O) groups excluding carboxylic acids is 4. The van der Waals surface area contributed by atoms with E-state index < -0.39 is 42.1 Å². The van der Waals surface area contributed by atoms with E-state index in [4.69, 9.17) is 4.74 Å². The van der Waals surface area contributed by atoms with Crippen LogP contribution < -0.4 is 21.3 Å². The maximum atomic E-state index is 14.4. The lowest BCUT2D eigenvalue weighted by atomic mass is 9.95. The number of nitrogens with one attached hydrogen (secondary N) is 5. The topological polar surface area (TPSA) is 162 Å². The molecule has 11 nitrogen and oxygen atoms in total. The van der Waals surface area contributed by atoms with Gasteiger partial charge in [0, 0.05) is 36.5 Å². The molecule has 0 saturated carbocycles. The fraction of sp³-hybridized carbons (Fsp3) is 0.378. The molecule has 0 saturated heterocycles. The number of hydrogen-bond acceptors (Lipinski definition) is 6. The van der Waals surface area contributed by atoms with Gasteiger partial charge in [-0.1, -0.05) is 125 Å². The Morgan fingerprint density at radius 2 is 1.38 bits per heavy atom. The van der Waals surface area contributed by atoms with Crippen molar-refractivity contribution in [2.45, 2.75) is 90.6 Å². The molecule has 0 radical (unpaired) electrons. The van der Waals surface area contributed by atoms with E-state index in [0.29, 0.717) is 18.9 Å². The fourth-order valence-electron chi connectivity index (χ4n) is 6.75. The number of aliphatic hydroxyl groups excluding tert-OH is 1. The molecule has 1 aromatic heterocycles. The van der Waals surface area contributed by atoms with Crippen LogP contribution in [-0.2, 0) is 38.6 Å². The highest BCUT2D eigenvalue weighted by molar-refractivity contribution is 5.93. The highest BCUT2D eigenvalue weighted by Gasteiger charge is 2.32. The molecule has 0 aliphatic rings. The summed E-state index contributed by atoms with van der Waals surface area (Å²) in [6.45, 7) is 8.54. The average molecular weight is 762 g/mol. The molecule has 0 aliphatic heterocycles. The lowest BCUT2D eigenvalue weighted by Crippen LogP contribution is -2.57. The van der Waals surface area contributed by atoms with Gasteiger partial charge in [-0.3, -0.25) is 14.4 Å². The van der Waals surface area contributed by atoms with Gasteiger partial charge < -0.3 is 36.1 Å². The molecule has 4 aromatic carbocycles. The number of benzene rings is 4. The zero-order valence-corrected chi connectivity index (χ0v) is 32.7. The molecule has 5 rings (SSSR count). The Kier molecular flexibility index (Phi) is 15.0. The van der Waals surface area contributed by atoms with Crippen molar-refractivity contribution in [2.75, 3.05) is 6.54 Å². The van der Waals surface area contributed by atoms with Gasteiger partial charge in [-0.15, -0.1) is 0 Å². The molecule has 0 bridgehead atoms. The predicted molar refractivity (Wildman–Crippen MR) is 220 cm³/mol. The van der Waals surface area contributed by atoms with Crippen LogP contribution in [0.25, 0.3) is 21.7 Å². The number of amides is 4. The minimum Gasteiger partial charge on any atom is -0.445 e. The van der Waals surface area contributed by atoms with Crippen molar-refractivity contribution in [3.8, 4) is 0 Å². The molecule has 11 heteroatoms. The van der Waals surface area contributed by atoms with Gasteiger partial charge in [-0.2, -0.15) is 0 Å². The molecule has 296 valence electrons. The maximum absolute atomic E-state index is 14.4. The summed E-state index contributed by atoms with van der Waals surface area (Å²) >= 11 is 0. The zero-order chi connectivity index (χ0) is 40.0. The highest BCUT2D eigenvalue weighted by atomic mass is 16.5. The number of rotatable bonds is 19. The van der Waals surface area contributed by atoms with Gasteiger partial charge in [-0.05, 0) is 51.8 Å². The quantitative estimate of drug-likeness (QED) is 0.0577. The Hall–Kier alpha value is -5.68. The van der Waals surface area contributed by atoms with E-state index in [1.54, 1.807) is 0 Å². The smallest absolute Gasteiger partial charge is 0.408 e. The molecule has 0 aliphatic carbocycles. The third kappa shape index (κ3) is 11.9. The van der Waals surface area contributed by atoms with Gasteiger partial charge in [-0.25, -0.2) is 4.79 Å². The van der Waals surface area contributed by atoms with E-state index >= 15 is 0 Å². The van der Waals surface area contributed by atoms with E-state index in [-0.39, 0.29) is 37.7 Å². The minimum absolute atomic E-state index is 0.0100. The van der Waals surface area contributed by atoms with Crippen molar-refractivity contribution in [3.63, 3.8) is 0 Å². The predicted octanol–water partition coefficient (Wildman–Crippen LogP) is 6.33. The second kappa shape index (κ2) is 20.3. The first-order chi connectivity index (χ1) is 27.0. The number of H-pyrrole nitrogens is 1. The standard InChI is InChI=1S/C45H55N5O6/c1-5-30(4)26-47-42(52)25-41(51)38(22-29(2)3)48-43(53)39(24-34-27-46-37-21-12-11-20-36(34)37)49-44(54)40(50-45(55)56-28-31-14-7-6-8-15-31)23-33-18-13-17-32-16-9-10-19-35(32)33/h6-21,27,29-30,38-41,46,51H,5,22-26,28H2,1-4H3,(H,47,52)(H,48,53)(H,49,54)(H,50,55)/t30?,38-,39-,40-,41-/m0/s1. The number of ether oxygens (including phenoxy) is 1. The van der Waals surface area contributed by atoms with Gasteiger partial charge in [0.05, 0.1) is 18.6 Å². The van der Waals surface area contributed by atoms with Crippen LogP contribution in [-0.4, -0.2) is 64.7 Å². The number of carbonyl (C=O) groups is 4. The molecule has 56 heavy (non-hydrogen) atoms. The van der Waals surface area contributed by atoms with Crippen LogP contribution in [0.3, 0.4) is 0 Å². The fourth-order valence-corrected chi connectivity index (χ4v) is 6.75. The van der Waals surface area contributed by atoms with Crippen LogP contribution in [0, 0.1) is 11.8 Å². The largest absolute Gasteiger partial charge is 0.445 e. The minimum atomic E-state index is -1.16. The Labute approximate surface area is 329 Å². The van der Waals surface area contributed by atoms with E-state index in [1.807, 2.05) is 131 Å². The first kappa shape index (κ1) is 41.5. The summed E-state index contributed by atoms with van der Waals surface area (Å²) < 4.78 is 5.53. The van der Waals surface area contributed by atoms with Crippen molar-refractivity contribution in [1.82, 2.24) is 26.3 Å². The van der Waals surface area contributed by atoms with E-state index in [0.717, 1.165) is 44.8 Å². The normalized spacial score (nSPS) is 14.0. The maximum Gasteiger partial charge on any atom is 0.408 e. The number of hydrogen-bond donors (Lipinski definition) is 6. The SMILES string of the molecule is CCC(C)CNC(=O)C[C@H](O)[C@H](CC(C)C)NC(=O)[C@H](Cc1c[nH]c2ccccc12)NC(=O)[C@H](Cc1cccc2ccccc12)NC(=O)OCc1ccccc1. The Bertz CT molecular complexity index is 2060. The van der Waals surface area contributed by atoms with Crippen molar-refractivity contribution >= 4 is 45.5 Å². The highest BCUT2D eigenvalue weighted by Crippen LogP contribution is 2.22. The molecule has 1 heterocycles. The van der Waals surface area contributed by atoms with Crippen LogP contribution in [0.15, 0.2) is 103 Å². The number of aromatic nitrogens is 1. The molecule has 1 unspecified atom stereocenters. The van der Waals surface area contributed by atoms with E-state index in [2.05, 4.69) is 26.3 Å². The lowest BCUT2D eigenvalue weighted by Gasteiger charge is -2.29. The van der Waals surface area contributed by atoms with Crippen molar-refractivity contribution in [2.24, 2.45) is 11.8 Å². The molecule has 5 atom stereocenters. The second-order valence-corrected chi connectivity index (χ2v) is 15.1. The van der Waals surface area contributed by atoms with Crippen molar-refractivity contribution in [1.29, 1.82) is 0 Å². The van der Waals surface area contributed by atoms with Crippen LogP contribution in [0.1, 0.15) is 63.6 Å². The summed E-state index contributed by atoms with van der Waals surface area (Å²) in [7, 11) is 0. The van der Waals surface area contributed by atoms with E-state index in [1.165, 1.54) is 0 Å². The molecule has 6 N–H and O–H groups in total. The lowest BCUT2D eigenvalue weighted by molar-refractivity contribution is -0.131. The van der Waals surface area contributed by atoms with Gasteiger partial charge >= 0.3 is 6.09 Å². The summed E-state index contributed by atoms with van der Waals surface area (Å²) in [5.74, 6) is -1.04. The summed E-state index contributed by atoms with van der Waals surface area (Å²) in [5.41, 5.74) is 3.30. The first-order valence-corrected chi connectivity index (χ1v) is 19.5. The first-order valence-electron chi connectivity index (χ1n) is 19.5. The number of para-hydroxylation sites is 1. The molecular formula is C45H55N5O6. The van der Waals surface area contributed by atoms with Crippen LogP contribution in [0.2, 0.25) is 0 Å². The van der Waals surface area contributed by atoms with Gasteiger partial charge in [0.2, 0.25) is 17.7 Å². The number of alkyl carbamates (subject to hydrolysis) is 1. The second-order valence-electron chi connectivity index (χ2n) is 15.1. The van der Waals surface area contributed by atoms with Crippen LogP contribution in [0.5, 0.6) is 0 Å². The van der Waals surface area contributed by atoms with Gasteiger partial charge in [0.1, 0.15) is 18.7 Å². The summed E-state index contributed by atoms with van der Waals surface area (Å²) in [6.07, 6.45) is 1.23. The van der Waals surface area contributed by atoms with Crippen LogP contribution >= 0.6 is 0 Å². The summed E-state index contributed by atoms with van der Waals surface area (Å²) in [5, 5.41) is 25.7. The molecule has 0 spiro atoms. The van der Waals surface area contributed by atoms with Gasteiger partial charge in [0.25, 0.3) is 0 Å². The Balaban J connectivity index is 1.41. The Morgan fingerprint density at radius 1 is 0.732 bits per heavy atom. The molecule has 5 aromatic rings. The molecule has 0 fully saturated rings.